The van der Waals surface area contributed by atoms with Crippen LogP contribution in [0.5, 0.6) is 11.5 Å². The third-order valence-corrected chi connectivity index (χ3v) is 10.2. The molecule has 5 aromatic carbocycles. The van der Waals surface area contributed by atoms with Gasteiger partial charge in [0.2, 0.25) is 0 Å². The van der Waals surface area contributed by atoms with E-state index in [4.69, 9.17) is 9.72 Å². The van der Waals surface area contributed by atoms with Crippen molar-refractivity contribution in [3.8, 4) is 28.7 Å². The molecule has 0 amide bonds. The van der Waals surface area contributed by atoms with Gasteiger partial charge in [-0.3, -0.25) is 4.57 Å². The molecule has 0 bridgehead atoms. The summed E-state index contributed by atoms with van der Waals surface area (Å²) in [6, 6.07) is 40.8. The second-order valence-corrected chi connectivity index (χ2v) is 13.5. The van der Waals surface area contributed by atoms with Gasteiger partial charge in [-0.05, 0) is 86.7 Å². The Labute approximate surface area is 297 Å². The monoisotopic (exact) mass is 665 g/mol. The average molecular weight is 666 g/mol. The van der Waals surface area contributed by atoms with Gasteiger partial charge in [0.05, 0.1) is 39.1 Å². The fourth-order valence-electron chi connectivity index (χ4n) is 7.90. The number of para-hydroxylation sites is 3. The van der Waals surface area contributed by atoms with E-state index in [-0.39, 0.29) is 0 Å². The highest BCUT2D eigenvalue weighted by Gasteiger charge is 2.21. The predicted octanol–water partition coefficient (Wildman–Crippen LogP) is 11.3. The second kappa shape index (κ2) is 12.0. The van der Waals surface area contributed by atoms with Crippen LogP contribution in [0, 0.1) is 20.8 Å². The molecule has 0 atom stereocenters. The van der Waals surface area contributed by atoms with E-state index >= 15 is 0 Å². The molecule has 4 heterocycles. The molecule has 0 saturated carbocycles. The molecule has 0 aliphatic rings. The molecule has 0 N–H and O–H groups in total. The fraction of sp³-hybridized carbons (Fsp3) is 0.156. The lowest BCUT2D eigenvalue weighted by Gasteiger charge is -2.17. The van der Waals surface area contributed by atoms with E-state index in [1.165, 1.54) is 38.3 Å². The first kappa shape index (κ1) is 30.9. The zero-order valence-electron chi connectivity index (χ0n) is 29.6. The van der Waals surface area contributed by atoms with E-state index in [1.807, 2.05) is 36.0 Å². The van der Waals surface area contributed by atoms with Crippen LogP contribution in [0.15, 0.2) is 121 Å². The topological polar surface area (TPSA) is 49.8 Å². The van der Waals surface area contributed by atoms with Gasteiger partial charge in [0.1, 0.15) is 17.3 Å². The van der Waals surface area contributed by atoms with Crippen LogP contribution in [-0.2, 0) is 12.8 Å². The number of fused-ring (bicyclic) bond motifs is 6. The minimum Gasteiger partial charge on any atom is -0.457 e. The molecule has 4 aromatic heterocycles. The zero-order chi connectivity index (χ0) is 34.8. The van der Waals surface area contributed by atoms with Crippen LogP contribution in [-0.4, -0.2) is 23.9 Å². The first-order chi connectivity index (χ1) is 24.9. The van der Waals surface area contributed by atoms with Crippen molar-refractivity contribution in [2.24, 2.45) is 0 Å². The molecule has 0 fully saturated rings. The van der Waals surface area contributed by atoms with Crippen molar-refractivity contribution in [3.05, 3.63) is 150 Å². The molecular formula is C45H39N5O. The standard InChI is InChI=1S/C45H39N5O/c1-6-31-13-10-18-38-39-19-11-14-32(7-2)45(39)49(44(31)38)41-26-43(46-27-28(41)3)48-40-20-9-8-17-36(40)37-22-21-35(25-42(37)48)51-34-16-12-15-33(24-34)50-30(5)23-29(4)47-50/h8-27H,6-7H2,1-5H3. The lowest BCUT2D eigenvalue weighted by Crippen LogP contribution is -2.05. The van der Waals surface area contributed by atoms with Crippen molar-refractivity contribution in [1.82, 2.24) is 23.9 Å². The smallest absolute Gasteiger partial charge is 0.139 e. The second-order valence-electron chi connectivity index (χ2n) is 13.5. The molecule has 51 heavy (non-hydrogen) atoms. The van der Waals surface area contributed by atoms with Gasteiger partial charge in [0, 0.05) is 51.6 Å². The summed E-state index contributed by atoms with van der Waals surface area (Å²) in [6.45, 7) is 10.7. The Morgan fingerprint density at radius 3 is 1.96 bits per heavy atom. The quantitative estimate of drug-likeness (QED) is 0.170. The number of hydrogen-bond donors (Lipinski definition) is 0. The maximum atomic E-state index is 6.55. The van der Waals surface area contributed by atoms with Crippen molar-refractivity contribution in [1.29, 1.82) is 0 Å². The van der Waals surface area contributed by atoms with Gasteiger partial charge >= 0.3 is 0 Å². The molecule has 9 aromatic rings. The summed E-state index contributed by atoms with van der Waals surface area (Å²) in [4.78, 5) is 5.11. The summed E-state index contributed by atoms with van der Waals surface area (Å²) in [5.74, 6) is 2.37. The van der Waals surface area contributed by atoms with Crippen molar-refractivity contribution >= 4 is 43.6 Å². The molecule has 0 radical (unpaired) electrons. The summed E-state index contributed by atoms with van der Waals surface area (Å²) >= 11 is 0. The van der Waals surface area contributed by atoms with Crippen LogP contribution in [0.2, 0.25) is 0 Å². The minimum atomic E-state index is 0.752. The molecule has 0 aliphatic carbocycles. The minimum absolute atomic E-state index is 0.752. The van der Waals surface area contributed by atoms with Gasteiger partial charge in [-0.15, -0.1) is 0 Å². The molecule has 0 spiro atoms. The number of nitrogens with zero attached hydrogens (tertiary/aromatic N) is 5. The molecule has 9 rings (SSSR count). The zero-order valence-corrected chi connectivity index (χ0v) is 29.6. The summed E-state index contributed by atoms with van der Waals surface area (Å²) in [5, 5.41) is 9.58. The number of benzene rings is 5. The molecule has 0 unspecified atom stereocenters. The van der Waals surface area contributed by atoms with Crippen molar-refractivity contribution in [2.45, 2.75) is 47.5 Å². The average Bonchev–Trinajstić information content (AvgIpc) is 3.80. The molecule has 6 nitrogen and oxygen atoms in total. The number of ether oxygens (including phenoxy) is 1. The number of aryl methyl sites for hydroxylation is 5. The highest BCUT2D eigenvalue weighted by molar-refractivity contribution is 6.12. The molecule has 250 valence electrons. The van der Waals surface area contributed by atoms with Crippen LogP contribution >= 0.6 is 0 Å². The SMILES string of the molecule is CCc1cccc2c3cccc(CC)c3n(-c3cc(-n4c5ccccc5c5ccc(Oc6cccc(-n7nc(C)cc7C)c6)cc54)ncc3C)c12. The van der Waals surface area contributed by atoms with Crippen LogP contribution in [0.3, 0.4) is 0 Å². The lowest BCUT2D eigenvalue weighted by atomic mass is 10.1. The van der Waals surface area contributed by atoms with Crippen LogP contribution in [0.4, 0.5) is 0 Å². The van der Waals surface area contributed by atoms with Gasteiger partial charge in [0.15, 0.2) is 0 Å². The first-order valence-electron chi connectivity index (χ1n) is 17.8. The first-order valence-corrected chi connectivity index (χ1v) is 17.8. The Hall–Kier alpha value is -6.14. The van der Waals surface area contributed by atoms with Gasteiger partial charge in [0.25, 0.3) is 0 Å². The van der Waals surface area contributed by atoms with Gasteiger partial charge in [-0.2, -0.15) is 5.10 Å². The number of rotatable bonds is 7. The Bertz CT molecular complexity index is 2740. The maximum absolute atomic E-state index is 6.55. The Morgan fingerprint density at radius 1 is 0.588 bits per heavy atom. The van der Waals surface area contributed by atoms with Gasteiger partial charge in [-0.25, -0.2) is 9.67 Å². The highest BCUT2D eigenvalue weighted by Crippen LogP contribution is 2.39. The van der Waals surface area contributed by atoms with E-state index in [1.54, 1.807) is 0 Å². The lowest BCUT2D eigenvalue weighted by molar-refractivity contribution is 0.482. The van der Waals surface area contributed by atoms with E-state index in [2.05, 4.69) is 139 Å². The highest BCUT2D eigenvalue weighted by atomic mass is 16.5. The predicted molar refractivity (Wildman–Crippen MR) is 210 cm³/mol. The van der Waals surface area contributed by atoms with Crippen LogP contribution in [0.25, 0.3) is 60.8 Å². The van der Waals surface area contributed by atoms with Crippen molar-refractivity contribution in [3.63, 3.8) is 0 Å². The Kier molecular flexibility index (Phi) is 7.28. The third-order valence-electron chi connectivity index (χ3n) is 10.2. The molecule has 6 heteroatoms. The summed E-state index contributed by atoms with van der Waals surface area (Å²) in [7, 11) is 0. The summed E-state index contributed by atoms with van der Waals surface area (Å²) in [6.07, 6.45) is 3.93. The van der Waals surface area contributed by atoms with Crippen LogP contribution in [0.1, 0.15) is 41.9 Å². The molecule has 0 aliphatic heterocycles. The largest absolute Gasteiger partial charge is 0.457 e. The number of aromatic nitrogens is 5. The summed E-state index contributed by atoms with van der Waals surface area (Å²) in [5.41, 5.74) is 12.7. The molecular weight excluding hydrogens is 627 g/mol. The van der Waals surface area contributed by atoms with E-state index in [0.717, 1.165) is 74.9 Å². The van der Waals surface area contributed by atoms with Crippen molar-refractivity contribution in [2.75, 3.05) is 0 Å². The maximum Gasteiger partial charge on any atom is 0.139 e. The van der Waals surface area contributed by atoms with E-state index in [0.29, 0.717) is 0 Å². The molecule has 0 saturated heterocycles. The fourth-order valence-corrected chi connectivity index (χ4v) is 7.90. The normalized spacial score (nSPS) is 11.8. The van der Waals surface area contributed by atoms with Gasteiger partial charge < -0.3 is 9.30 Å². The van der Waals surface area contributed by atoms with E-state index in [9.17, 15) is 0 Å². The van der Waals surface area contributed by atoms with E-state index < -0.39 is 0 Å². The van der Waals surface area contributed by atoms with Gasteiger partial charge in [-0.1, -0.05) is 74.5 Å². The van der Waals surface area contributed by atoms with Crippen LogP contribution < -0.4 is 4.74 Å². The third kappa shape index (κ3) is 4.93. The summed E-state index contributed by atoms with van der Waals surface area (Å²) < 4.78 is 13.3. The Balaban J connectivity index is 1.24. The number of pyridine rings is 1. The van der Waals surface area contributed by atoms with Crippen molar-refractivity contribution < 1.29 is 4.74 Å². The number of hydrogen-bond acceptors (Lipinski definition) is 3. The Morgan fingerprint density at radius 2 is 1.25 bits per heavy atom.